The van der Waals surface area contributed by atoms with Crippen LogP contribution < -0.4 is 25.5 Å². The number of nitrogens with zero attached hydrogens (tertiary/aromatic N) is 1. The van der Waals surface area contributed by atoms with Crippen molar-refractivity contribution in [2.24, 2.45) is 5.10 Å². The highest BCUT2D eigenvalue weighted by molar-refractivity contribution is 6.44. The van der Waals surface area contributed by atoms with Crippen LogP contribution in [-0.4, -0.2) is 37.1 Å². The minimum absolute atomic E-state index is 0.0467. The summed E-state index contributed by atoms with van der Waals surface area (Å²) in [5, 5.41) is 9.23. The van der Waals surface area contributed by atoms with Crippen molar-refractivity contribution < 1.29 is 28.2 Å². The summed E-state index contributed by atoms with van der Waals surface area (Å²) in [6.07, 6.45) is 0.854. The van der Waals surface area contributed by atoms with Crippen LogP contribution in [0, 0.1) is 5.82 Å². The Morgan fingerprint density at radius 1 is 0.895 bits per heavy atom. The van der Waals surface area contributed by atoms with Gasteiger partial charge in [-0.15, -0.1) is 0 Å². The molecule has 198 valence electrons. The molecule has 3 aromatic rings. The van der Waals surface area contributed by atoms with E-state index in [1.165, 1.54) is 24.4 Å². The molecule has 3 aromatic carbocycles. The lowest BCUT2D eigenvalue weighted by Gasteiger charge is -2.13. The molecule has 0 aromatic heterocycles. The van der Waals surface area contributed by atoms with Gasteiger partial charge in [0.1, 0.15) is 12.2 Å². The van der Waals surface area contributed by atoms with Crippen LogP contribution in [0.15, 0.2) is 65.8 Å². The Morgan fingerprint density at radius 3 is 2.39 bits per heavy atom. The number of carbonyl (C=O) groups excluding carboxylic acids is 3. The monoisotopic (exact) mass is 560 g/mol. The zero-order valence-electron chi connectivity index (χ0n) is 20.1. The summed E-state index contributed by atoms with van der Waals surface area (Å²) in [6.45, 7) is 1.72. The van der Waals surface area contributed by atoms with Gasteiger partial charge in [0, 0.05) is 0 Å². The predicted molar refractivity (Wildman–Crippen MR) is 144 cm³/mol. The number of hydrogen-bond donors (Lipinski definition) is 3. The predicted octanol–water partition coefficient (Wildman–Crippen LogP) is 5.03. The number of para-hydroxylation sites is 1. The van der Waals surface area contributed by atoms with Gasteiger partial charge in [-0.3, -0.25) is 14.4 Å². The molecule has 0 bridgehead atoms. The first-order valence-electron chi connectivity index (χ1n) is 11.3. The van der Waals surface area contributed by atoms with Gasteiger partial charge >= 0.3 is 0 Å². The summed E-state index contributed by atoms with van der Waals surface area (Å²) >= 11 is 11.9. The van der Waals surface area contributed by atoms with E-state index < -0.39 is 30.0 Å². The molecule has 38 heavy (non-hydrogen) atoms. The number of nitrogens with one attached hydrogen (secondary N) is 3. The molecular formula is C26H23Cl2FN4O5. The second kappa shape index (κ2) is 14.0. The smallest absolute Gasteiger partial charge is 0.262 e. The fourth-order valence-electron chi connectivity index (χ4n) is 3.04. The minimum Gasteiger partial charge on any atom is -0.490 e. The Labute approximate surface area is 227 Å². The van der Waals surface area contributed by atoms with E-state index in [1.807, 2.05) is 0 Å². The second-order valence-corrected chi connectivity index (χ2v) is 8.36. The van der Waals surface area contributed by atoms with Crippen molar-refractivity contribution in [2.45, 2.75) is 13.3 Å². The van der Waals surface area contributed by atoms with Gasteiger partial charge in [0.15, 0.2) is 18.1 Å². The third-order valence-corrected chi connectivity index (χ3v) is 5.54. The maximum Gasteiger partial charge on any atom is 0.262 e. The van der Waals surface area contributed by atoms with E-state index in [-0.39, 0.29) is 33.8 Å². The second-order valence-electron chi connectivity index (χ2n) is 7.58. The topological polar surface area (TPSA) is 118 Å². The van der Waals surface area contributed by atoms with E-state index in [0.29, 0.717) is 17.9 Å². The molecule has 0 aliphatic rings. The first kappa shape index (κ1) is 28.4. The first-order valence-corrected chi connectivity index (χ1v) is 12.0. The largest absolute Gasteiger partial charge is 0.490 e. The number of halogens is 3. The summed E-state index contributed by atoms with van der Waals surface area (Å²) in [7, 11) is 0. The number of benzene rings is 3. The Bertz CT molecular complexity index is 1350. The fourth-order valence-corrected chi connectivity index (χ4v) is 3.39. The molecule has 0 heterocycles. The number of rotatable bonds is 11. The van der Waals surface area contributed by atoms with E-state index in [2.05, 4.69) is 21.2 Å². The van der Waals surface area contributed by atoms with Crippen LogP contribution in [0.2, 0.25) is 10.0 Å². The van der Waals surface area contributed by atoms with E-state index in [4.69, 9.17) is 32.7 Å². The normalized spacial score (nSPS) is 10.6. The van der Waals surface area contributed by atoms with Crippen molar-refractivity contribution in [1.29, 1.82) is 0 Å². The van der Waals surface area contributed by atoms with Crippen molar-refractivity contribution in [3.05, 3.63) is 82.1 Å². The molecule has 0 fully saturated rings. The highest BCUT2D eigenvalue weighted by Crippen LogP contribution is 2.30. The molecule has 3 N–H and O–H groups in total. The van der Waals surface area contributed by atoms with E-state index in [9.17, 15) is 18.8 Å². The molecule has 3 rings (SSSR count). The summed E-state index contributed by atoms with van der Waals surface area (Å²) in [6, 6.07) is 15.3. The van der Waals surface area contributed by atoms with E-state index >= 15 is 0 Å². The SMILES string of the molecule is CCOc1cc(C=NNC(=O)CC(=O)Nc2cccc(Cl)c2Cl)ccc1OCC(=O)Nc1ccccc1F. The summed E-state index contributed by atoms with van der Waals surface area (Å²) in [5.74, 6) is -1.73. The summed E-state index contributed by atoms with van der Waals surface area (Å²) < 4.78 is 24.8. The standard InChI is InChI=1S/C26H23Cl2FN4O5/c1-2-37-22-12-16(10-11-21(22)38-15-25(36)31-19-8-4-3-7-18(19)29)14-30-33-24(35)13-23(34)32-20-9-5-6-17(27)26(20)28/h3-12,14H,2,13,15H2,1H3,(H,31,36)(H,32,34)(H,33,35). The Balaban J connectivity index is 1.53. The number of hydrogen-bond acceptors (Lipinski definition) is 6. The Hall–Kier alpha value is -4.15. The van der Waals surface area contributed by atoms with Gasteiger partial charge in [-0.05, 0) is 55.0 Å². The van der Waals surface area contributed by atoms with E-state index in [1.54, 1.807) is 49.4 Å². The van der Waals surface area contributed by atoms with Gasteiger partial charge in [-0.2, -0.15) is 5.10 Å². The van der Waals surface area contributed by atoms with Crippen LogP contribution in [-0.2, 0) is 14.4 Å². The summed E-state index contributed by atoms with van der Waals surface area (Å²) in [4.78, 5) is 36.3. The summed E-state index contributed by atoms with van der Waals surface area (Å²) in [5.41, 5.74) is 3.15. The molecule has 3 amide bonds. The Kier molecular flexibility index (Phi) is 10.4. The number of ether oxygens (including phenoxy) is 2. The molecule has 0 unspecified atom stereocenters. The minimum atomic E-state index is -0.650. The first-order chi connectivity index (χ1) is 18.3. The lowest BCUT2D eigenvalue weighted by Crippen LogP contribution is -2.24. The van der Waals surface area contributed by atoms with Gasteiger partial charge in [-0.25, -0.2) is 9.82 Å². The van der Waals surface area contributed by atoms with Crippen molar-refractivity contribution >= 4 is 58.5 Å². The molecule has 0 spiro atoms. The molecule has 12 heteroatoms. The van der Waals surface area contributed by atoms with Crippen molar-refractivity contribution in [2.75, 3.05) is 23.8 Å². The molecular weight excluding hydrogens is 538 g/mol. The zero-order chi connectivity index (χ0) is 27.5. The average molecular weight is 561 g/mol. The molecule has 0 radical (unpaired) electrons. The highest BCUT2D eigenvalue weighted by atomic mass is 35.5. The van der Waals surface area contributed by atoms with E-state index in [0.717, 1.165) is 0 Å². The van der Waals surface area contributed by atoms with Crippen LogP contribution in [0.25, 0.3) is 0 Å². The number of carbonyl (C=O) groups is 3. The third-order valence-electron chi connectivity index (χ3n) is 4.72. The molecule has 0 saturated heterocycles. The highest BCUT2D eigenvalue weighted by Gasteiger charge is 2.13. The number of anilines is 2. The molecule has 9 nitrogen and oxygen atoms in total. The van der Waals surface area contributed by atoms with Gasteiger partial charge in [0.2, 0.25) is 11.8 Å². The fraction of sp³-hybridized carbons (Fsp3) is 0.154. The zero-order valence-corrected chi connectivity index (χ0v) is 21.6. The Morgan fingerprint density at radius 2 is 1.63 bits per heavy atom. The lowest BCUT2D eigenvalue weighted by molar-refractivity contribution is -0.126. The van der Waals surface area contributed by atoms with Crippen molar-refractivity contribution in [1.82, 2.24) is 5.43 Å². The van der Waals surface area contributed by atoms with Gasteiger partial charge in [0.25, 0.3) is 5.91 Å². The third kappa shape index (κ3) is 8.46. The van der Waals surface area contributed by atoms with Gasteiger partial charge in [-0.1, -0.05) is 41.4 Å². The van der Waals surface area contributed by atoms with Crippen LogP contribution in [0.4, 0.5) is 15.8 Å². The van der Waals surface area contributed by atoms with Crippen LogP contribution >= 0.6 is 23.2 Å². The van der Waals surface area contributed by atoms with Gasteiger partial charge < -0.3 is 20.1 Å². The van der Waals surface area contributed by atoms with Crippen LogP contribution in [0.3, 0.4) is 0 Å². The average Bonchev–Trinajstić information content (AvgIpc) is 2.88. The molecule has 0 atom stereocenters. The van der Waals surface area contributed by atoms with Gasteiger partial charge in [0.05, 0.1) is 34.2 Å². The lowest BCUT2D eigenvalue weighted by atomic mass is 10.2. The van der Waals surface area contributed by atoms with Crippen LogP contribution in [0.5, 0.6) is 11.5 Å². The maximum absolute atomic E-state index is 13.7. The van der Waals surface area contributed by atoms with Crippen molar-refractivity contribution in [3.63, 3.8) is 0 Å². The number of hydrazone groups is 1. The molecule has 0 saturated carbocycles. The van der Waals surface area contributed by atoms with Crippen molar-refractivity contribution in [3.8, 4) is 11.5 Å². The quantitative estimate of drug-likeness (QED) is 0.173. The maximum atomic E-state index is 13.7. The molecule has 0 aliphatic heterocycles. The number of amides is 3. The molecule has 0 aliphatic carbocycles. The van der Waals surface area contributed by atoms with Crippen LogP contribution in [0.1, 0.15) is 18.9 Å².